The zero-order valence-corrected chi connectivity index (χ0v) is 10.4. The van der Waals surface area contributed by atoms with Gasteiger partial charge in [0.25, 0.3) is 0 Å². The van der Waals surface area contributed by atoms with E-state index in [1.165, 1.54) is 5.56 Å². The number of nitrogens with one attached hydrogen (secondary N) is 1. The molecule has 0 radical (unpaired) electrons. The minimum absolute atomic E-state index is 0.255. The first-order valence-corrected chi connectivity index (χ1v) is 5.92. The van der Waals surface area contributed by atoms with Gasteiger partial charge in [0.05, 0.1) is 6.54 Å². The van der Waals surface area contributed by atoms with Gasteiger partial charge in [-0.3, -0.25) is 4.79 Å². The molecule has 0 aliphatic rings. The number of benzene rings is 1. The molecule has 1 N–H and O–H groups in total. The summed E-state index contributed by atoms with van der Waals surface area (Å²) in [6.45, 7) is 6.73. The minimum atomic E-state index is 0.255. The van der Waals surface area contributed by atoms with Crippen LogP contribution in [0, 0.1) is 6.92 Å². The van der Waals surface area contributed by atoms with Crippen LogP contribution in [0.15, 0.2) is 24.3 Å². The molecule has 1 aromatic rings. The Balaban J connectivity index is 2.40. The normalized spacial score (nSPS) is 12.4. The van der Waals surface area contributed by atoms with Crippen molar-refractivity contribution in [2.75, 3.05) is 6.54 Å². The molecule has 16 heavy (non-hydrogen) atoms. The van der Waals surface area contributed by atoms with Gasteiger partial charge in [-0.1, -0.05) is 36.8 Å². The van der Waals surface area contributed by atoms with E-state index >= 15 is 0 Å². The quantitative estimate of drug-likeness (QED) is 0.796. The molecule has 88 valence electrons. The summed E-state index contributed by atoms with van der Waals surface area (Å²) in [5.74, 6) is 0.255. The lowest BCUT2D eigenvalue weighted by Crippen LogP contribution is -2.31. The van der Waals surface area contributed by atoms with Crippen LogP contribution in [-0.2, 0) is 11.2 Å². The fourth-order valence-corrected chi connectivity index (χ4v) is 1.54. The molecule has 0 bridgehead atoms. The first-order valence-electron chi connectivity index (χ1n) is 5.92. The minimum Gasteiger partial charge on any atom is -0.307 e. The lowest BCUT2D eigenvalue weighted by molar-refractivity contribution is -0.117. The Hall–Kier alpha value is -1.15. The number of hydrogen-bond donors (Lipinski definition) is 1. The Morgan fingerprint density at radius 1 is 1.44 bits per heavy atom. The number of carbonyl (C=O) groups excluding carboxylic acids is 1. The number of ketones is 1. The molecule has 1 unspecified atom stereocenters. The molecule has 2 nitrogen and oxygen atoms in total. The molecular weight excluding hydrogens is 198 g/mol. The molecule has 0 amide bonds. The maximum atomic E-state index is 11.7. The third-order valence-electron chi connectivity index (χ3n) is 2.74. The van der Waals surface area contributed by atoms with Crippen molar-refractivity contribution in [3.05, 3.63) is 35.4 Å². The van der Waals surface area contributed by atoms with E-state index < -0.39 is 0 Å². The maximum absolute atomic E-state index is 11.7. The van der Waals surface area contributed by atoms with Gasteiger partial charge < -0.3 is 5.32 Å². The Bertz CT molecular complexity index is 346. The Morgan fingerprint density at radius 3 is 2.81 bits per heavy atom. The fourth-order valence-electron chi connectivity index (χ4n) is 1.54. The van der Waals surface area contributed by atoms with Crippen molar-refractivity contribution in [1.82, 2.24) is 5.32 Å². The van der Waals surface area contributed by atoms with Crippen LogP contribution in [0.4, 0.5) is 0 Å². The van der Waals surface area contributed by atoms with Gasteiger partial charge in [-0.15, -0.1) is 0 Å². The highest BCUT2D eigenvalue weighted by molar-refractivity contribution is 5.82. The molecule has 0 aromatic heterocycles. The van der Waals surface area contributed by atoms with E-state index in [9.17, 15) is 4.79 Å². The number of rotatable bonds is 6. The number of aryl methyl sites for hydroxylation is 1. The van der Waals surface area contributed by atoms with Gasteiger partial charge in [-0.05, 0) is 25.8 Å². The van der Waals surface area contributed by atoms with Crippen molar-refractivity contribution >= 4 is 5.78 Å². The Morgan fingerprint density at radius 2 is 2.19 bits per heavy atom. The molecule has 0 aliphatic heterocycles. The van der Waals surface area contributed by atoms with Gasteiger partial charge in [0.2, 0.25) is 0 Å². The number of carbonyl (C=O) groups is 1. The summed E-state index contributed by atoms with van der Waals surface area (Å²) in [5, 5.41) is 3.22. The molecule has 2 heteroatoms. The molecular formula is C14H21NO. The average Bonchev–Trinajstić information content (AvgIpc) is 2.26. The van der Waals surface area contributed by atoms with Gasteiger partial charge in [0, 0.05) is 12.5 Å². The summed E-state index contributed by atoms with van der Waals surface area (Å²) in [5.41, 5.74) is 2.32. The summed E-state index contributed by atoms with van der Waals surface area (Å²) in [6, 6.07) is 8.54. The second kappa shape index (κ2) is 6.44. The molecule has 0 saturated heterocycles. The Kier molecular flexibility index (Phi) is 5.20. The SMILES string of the molecule is CCC(C)NCC(=O)Cc1cccc(C)c1. The van der Waals surface area contributed by atoms with E-state index in [0.29, 0.717) is 19.0 Å². The first-order chi connectivity index (χ1) is 7.61. The fraction of sp³-hybridized carbons (Fsp3) is 0.500. The smallest absolute Gasteiger partial charge is 0.150 e. The van der Waals surface area contributed by atoms with Gasteiger partial charge in [-0.25, -0.2) is 0 Å². The zero-order chi connectivity index (χ0) is 12.0. The second-order valence-corrected chi connectivity index (χ2v) is 4.39. The molecule has 0 saturated carbocycles. The average molecular weight is 219 g/mol. The highest BCUT2D eigenvalue weighted by Gasteiger charge is 2.05. The monoisotopic (exact) mass is 219 g/mol. The molecule has 0 fully saturated rings. The van der Waals surface area contributed by atoms with E-state index in [1.807, 2.05) is 25.1 Å². The molecule has 1 rings (SSSR count). The van der Waals surface area contributed by atoms with Crippen LogP contribution < -0.4 is 5.32 Å². The van der Waals surface area contributed by atoms with Crippen molar-refractivity contribution in [2.24, 2.45) is 0 Å². The highest BCUT2D eigenvalue weighted by atomic mass is 16.1. The number of Topliss-reactive ketones (excluding diaryl/α,β-unsaturated/α-hetero) is 1. The molecule has 0 heterocycles. The third-order valence-corrected chi connectivity index (χ3v) is 2.74. The van der Waals surface area contributed by atoms with E-state index in [4.69, 9.17) is 0 Å². The van der Waals surface area contributed by atoms with Crippen LogP contribution in [0.25, 0.3) is 0 Å². The lowest BCUT2D eigenvalue weighted by atomic mass is 10.1. The summed E-state index contributed by atoms with van der Waals surface area (Å²) in [4.78, 5) is 11.7. The van der Waals surface area contributed by atoms with Crippen molar-refractivity contribution in [3.8, 4) is 0 Å². The van der Waals surface area contributed by atoms with Crippen molar-refractivity contribution in [2.45, 2.75) is 39.7 Å². The van der Waals surface area contributed by atoms with Gasteiger partial charge >= 0.3 is 0 Å². The lowest BCUT2D eigenvalue weighted by Gasteiger charge is -2.10. The zero-order valence-electron chi connectivity index (χ0n) is 10.4. The van der Waals surface area contributed by atoms with Crippen molar-refractivity contribution < 1.29 is 4.79 Å². The standard InChI is InChI=1S/C14H21NO/c1-4-12(3)15-10-14(16)9-13-7-5-6-11(2)8-13/h5-8,12,15H,4,9-10H2,1-3H3. The molecule has 1 atom stereocenters. The van der Waals surface area contributed by atoms with Crippen LogP contribution in [0.1, 0.15) is 31.4 Å². The van der Waals surface area contributed by atoms with Crippen LogP contribution in [0.2, 0.25) is 0 Å². The molecule has 0 aliphatic carbocycles. The van der Waals surface area contributed by atoms with Crippen LogP contribution in [0.3, 0.4) is 0 Å². The van der Waals surface area contributed by atoms with Crippen molar-refractivity contribution in [3.63, 3.8) is 0 Å². The van der Waals surface area contributed by atoms with Gasteiger partial charge in [0.15, 0.2) is 5.78 Å². The summed E-state index contributed by atoms with van der Waals surface area (Å²) in [6.07, 6.45) is 1.59. The van der Waals surface area contributed by atoms with Gasteiger partial charge in [-0.2, -0.15) is 0 Å². The summed E-state index contributed by atoms with van der Waals surface area (Å²) >= 11 is 0. The van der Waals surface area contributed by atoms with E-state index in [2.05, 4.69) is 25.2 Å². The van der Waals surface area contributed by atoms with Crippen LogP contribution in [-0.4, -0.2) is 18.4 Å². The highest BCUT2D eigenvalue weighted by Crippen LogP contribution is 2.04. The van der Waals surface area contributed by atoms with E-state index in [0.717, 1.165) is 12.0 Å². The largest absolute Gasteiger partial charge is 0.307 e. The van der Waals surface area contributed by atoms with Crippen molar-refractivity contribution in [1.29, 1.82) is 0 Å². The molecule has 0 spiro atoms. The van der Waals surface area contributed by atoms with E-state index in [-0.39, 0.29) is 5.78 Å². The predicted octanol–water partition coefficient (Wildman–Crippen LogP) is 2.49. The second-order valence-electron chi connectivity index (χ2n) is 4.39. The predicted molar refractivity (Wildman–Crippen MR) is 67.6 cm³/mol. The van der Waals surface area contributed by atoms with Gasteiger partial charge in [0.1, 0.15) is 0 Å². The third kappa shape index (κ3) is 4.58. The summed E-state index contributed by atoms with van der Waals surface area (Å²) < 4.78 is 0. The first kappa shape index (κ1) is 12.9. The summed E-state index contributed by atoms with van der Waals surface area (Å²) in [7, 11) is 0. The number of hydrogen-bond acceptors (Lipinski definition) is 2. The van der Waals surface area contributed by atoms with E-state index in [1.54, 1.807) is 0 Å². The molecule has 1 aromatic carbocycles. The topological polar surface area (TPSA) is 29.1 Å². The van der Waals surface area contributed by atoms with Crippen LogP contribution >= 0.6 is 0 Å². The van der Waals surface area contributed by atoms with Crippen LogP contribution in [0.5, 0.6) is 0 Å². The Labute approximate surface area is 98.1 Å². The maximum Gasteiger partial charge on any atom is 0.150 e.